The Bertz CT molecular complexity index is 3800. The van der Waals surface area contributed by atoms with E-state index in [0.717, 1.165) is 69.6 Å². The fourth-order valence-electron chi connectivity index (χ4n) is 11.4. The molecule has 0 bridgehead atoms. The number of nitrogens with one attached hydrogen (secondary N) is 1. The Morgan fingerprint density at radius 2 is 1.17 bits per heavy atom. The average Bonchev–Trinajstić information content (AvgIpc) is 3.98. The summed E-state index contributed by atoms with van der Waals surface area (Å²) in [4.78, 5) is 2.38. The van der Waals surface area contributed by atoms with Crippen LogP contribution in [0.25, 0.3) is 60.6 Å². The molecule has 1 aliphatic rings. The van der Waals surface area contributed by atoms with E-state index in [-0.39, 0.29) is 5.92 Å². The standard InChI is InChI=1S/C66H52BN3O/c1-2-3-8-21-44-34-36-47(37-35-44)68-58-39-38-50(69(48-26-13-6-14-27-48)49-28-15-7-16-29-49)40-53(58)55-41-56(63(45-22-9-4-10-23-45)46-24-11-5-12-25-46)64-52-31-17-19-32-59(52)70-60-42-54-51-30-18-20-33-61(51)71-62(54)43-57(60)67-65(55)66(64)70/h4-7,9-20,22-43,63,67-68H,2-3,8,21H2,1H3. The number of hydrogen-bond donors (Lipinski definition) is 1. The number of fused-ring (bicyclic) bond motifs is 8. The lowest BCUT2D eigenvalue weighted by molar-refractivity contribution is 0.669. The van der Waals surface area contributed by atoms with Crippen LogP contribution >= 0.6 is 0 Å². The van der Waals surface area contributed by atoms with Gasteiger partial charge in [0.25, 0.3) is 0 Å². The number of hydrogen-bond acceptors (Lipinski definition) is 3. The smallest absolute Gasteiger partial charge is 0.198 e. The van der Waals surface area contributed by atoms with Crippen LogP contribution in [0, 0.1) is 0 Å². The van der Waals surface area contributed by atoms with Crippen molar-refractivity contribution in [1.29, 1.82) is 0 Å². The number of para-hydroxylation sites is 4. The lowest BCUT2D eigenvalue weighted by Crippen LogP contribution is -2.37. The van der Waals surface area contributed by atoms with Crippen LogP contribution < -0.4 is 21.1 Å². The van der Waals surface area contributed by atoms with E-state index in [1.54, 1.807) is 0 Å². The summed E-state index contributed by atoms with van der Waals surface area (Å²) in [5.41, 5.74) is 20.9. The van der Waals surface area contributed by atoms with Gasteiger partial charge in [-0.05, 0) is 131 Å². The molecule has 12 aromatic rings. The van der Waals surface area contributed by atoms with Crippen LogP contribution in [0.15, 0.2) is 235 Å². The van der Waals surface area contributed by atoms with Crippen molar-refractivity contribution in [2.75, 3.05) is 10.2 Å². The molecule has 0 fully saturated rings. The van der Waals surface area contributed by atoms with Crippen molar-refractivity contribution < 1.29 is 4.42 Å². The van der Waals surface area contributed by atoms with Crippen molar-refractivity contribution in [2.45, 2.75) is 38.5 Å². The Hall–Kier alpha value is -8.54. The molecule has 0 saturated carbocycles. The van der Waals surface area contributed by atoms with Gasteiger partial charge in [0.1, 0.15) is 11.2 Å². The van der Waals surface area contributed by atoms with E-state index in [2.05, 4.69) is 252 Å². The first-order valence-corrected chi connectivity index (χ1v) is 25.2. The summed E-state index contributed by atoms with van der Waals surface area (Å²) in [5.74, 6) is -0.0591. The Kier molecular flexibility index (Phi) is 10.8. The second-order valence-electron chi connectivity index (χ2n) is 19.1. The zero-order valence-electron chi connectivity index (χ0n) is 39.9. The molecule has 0 atom stereocenters. The minimum absolute atomic E-state index is 0.0591. The van der Waals surface area contributed by atoms with Crippen molar-refractivity contribution in [3.63, 3.8) is 0 Å². The molecule has 0 spiro atoms. The molecule has 340 valence electrons. The van der Waals surface area contributed by atoms with E-state index >= 15 is 0 Å². The van der Waals surface area contributed by atoms with Gasteiger partial charge in [0, 0.05) is 72.7 Å². The fourth-order valence-corrected chi connectivity index (χ4v) is 11.4. The highest BCUT2D eigenvalue weighted by molar-refractivity contribution is 6.73. The third kappa shape index (κ3) is 7.57. The van der Waals surface area contributed by atoms with Crippen LogP contribution in [0.1, 0.15) is 54.4 Å². The molecule has 1 N–H and O–H groups in total. The second-order valence-corrected chi connectivity index (χ2v) is 19.1. The lowest BCUT2D eigenvalue weighted by atomic mass is 9.58. The topological polar surface area (TPSA) is 33.3 Å². The normalized spacial score (nSPS) is 11.9. The van der Waals surface area contributed by atoms with Gasteiger partial charge in [-0.1, -0.05) is 171 Å². The van der Waals surface area contributed by atoms with E-state index in [0.29, 0.717) is 0 Å². The summed E-state index contributed by atoms with van der Waals surface area (Å²) in [5, 5.41) is 8.81. The highest BCUT2D eigenvalue weighted by Crippen LogP contribution is 2.47. The Morgan fingerprint density at radius 1 is 0.535 bits per heavy atom. The third-order valence-electron chi connectivity index (χ3n) is 14.7. The molecule has 13 rings (SSSR count). The maximum Gasteiger partial charge on any atom is 0.198 e. The van der Waals surface area contributed by atoms with Crippen molar-refractivity contribution in [3.05, 3.63) is 253 Å². The zero-order valence-corrected chi connectivity index (χ0v) is 39.9. The molecule has 2 aromatic heterocycles. The maximum absolute atomic E-state index is 6.63. The number of furan rings is 1. The van der Waals surface area contributed by atoms with E-state index in [9.17, 15) is 0 Å². The molecular weight excluding hydrogens is 862 g/mol. The number of anilines is 5. The molecule has 0 radical (unpaired) electrons. The number of unbranched alkanes of at least 4 members (excludes halogenated alkanes) is 2. The van der Waals surface area contributed by atoms with Crippen molar-refractivity contribution >= 4 is 90.4 Å². The fraction of sp³-hybridized carbons (Fsp3) is 0.0909. The predicted octanol–water partition coefficient (Wildman–Crippen LogP) is 16.2. The van der Waals surface area contributed by atoms with Crippen LogP contribution in [-0.2, 0) is 6.42 Å². The zero-order chi connectivity index (χ0) is 47.3. The Morgan fingerprint density at radius 3 is 1.86 bits per heavy atom. The number of aryl methyl sites for hydroxylation is 1. The van der Waals surface area contributed by atoms with Crippen molar-refractivity contribution in [2.24, 2.45) is 0 Å². The van der Waals surface area contributed by atoms with Crippen LogP contribution in [0.3, 0.4) is 0 Å². The van der Waals surface area contributed by atoms with Crippen LogP contribution in [0.4, 0.5) is 28.4 Å². The third-order valence-corrected chi connectivity index (χ3v) is 14.7. The molecule has 0 aliphatic carbocycles. The Labute approximate surface area is 415 Å². The van der Waals surface area contributed by atoms with Crippen LogP contribution in [0.5, 0.6) is 0 Å². The summed E-state index contributed by atoms with van der Waals surface area (Å²) in [6.45, 7) is 2.27. The van der Waals surface area contributed by atoms with Crippen molar-refractivity contribution in [3.8, 4) is 16.8 Å². The maximum atomic E-state index is 6.63. The van der Waals surface area contributed by atoms with Gasteiger partial charge in [-0.2, -0.15) is 0 Å². The van der Waals surface area contributed by atoms with Gasteiger partial charge in [-0.3, -0.25) is 0 Å². The van der Waals surface area contributed by atoms with Crippen LogP contribution in [0.2, 0.25) is 0 Å². The first kappa shape index (κ1) is 42.6. The SMILES string of the molecule is CCCCCc1ccc(Nc2ccc(N(c3ccccc3)c3ccccc3)cc2-c2cc(C(c3ccccc3)c3ccccc3)c3c4ccccc4n4c3c2Bc2cc3oc5ccccc5c3cc2-4)cc1. The summed E-state index contributed by atoms with van der Waals surface area (Å²) in [6.07, 6.45) is 4.76. The van der Waals surface area contributed by atoms with E-state index in [1.807, 2.05) is 0 Å². The minimum atomic E-state index is -0.0591. The number of benzene rings is 10. The number of aromatic nitrogens is 1. The quantitative estimate of drug-likeness (QED) is 0.0711. The first-order valence-electron chi connectivity index (χ1n) is 25.2. The molecule has 4 nitrogen and oxygen atoms in total. The van der Waals surface area contributed by atoms with Crippen molar-refractivity contribution in [1.82, 2.24) is 4.57 Å². The number of rotatable bonds is 13. The summed E-state index contributed by atoms with van der Waals surface area (Å²) in [7, 11) is 0.725. The molecule has 10 aromatic carbocycles. The highest BCUT2D eigenvalue weighted by atomic mass is 16.3. The van der Waals surface area contributed by atoms with E-state index in [1.165, 1.54) is 85.5 Å². The minimum Gasteiger partial charge on any atom is -0.456 e. The second kappa shape index (κ2) is 18.1. The van der Waals surface area contributed by atoms with Gasteiger partial charge in [-0.15, -0.1) is 0 Å². The van der Waals surface area contributed by atoms with Gasteiger partial charge in [0.2, 0.25) is 0 Å². The van der Waals surface area contributed by atoms with E-state index in [4.69, 9.17) is 4.42 Å². The Balaban J connectivity index is 1.13. The van der Waals surface area contributed by atoms with E-state index < -0.39 is 0 Å². The molecule has 1 aliphatic heterocycles. The van der Waals surface area contributed by atoms with Gasteiger partial charge in [0.15, 0.2) is 7.28 Å². The average molecular weight is 914 g/mol. The summed E-state index contributed by atoms with van der Waals surface area (Å²) < 4.78 is 9.21. The highest BCUT2D eigenvalue weighted by Gasteiger charge is 2.32. The summed E-state index contributed by atoms with van der Waals surface area (Å²) >= 11 is 0. The largest absolute Gasteiger partial charge is 0.456 e. The van der Waals surface area contributed by atoms with Gasteiger partial charge < -0.3 is 19.2 Å². The lowest BCUT2D eigenvalue weighted by Gasteiger charge is -2.29. The monoisotopic (exact) mass is 913 g/mol. The van der Waals surface area contributed by atoms with Gasteiger partial charge in [0.05, 0.1) is 5.52 Å². The molecule has 0 unspecified atom stereocenters. The molecule has 5 heteroatoms. The molecule has 71 heavy (non-hydrogen) atoms. The number of nitrogens with zero attached hydrogens (tertiary/aromatic N) is 2. The molecule has 0 amide bonds. The van der Waals surface area contributed by atoms with Gasteiger partial charge >= 0.3 is 0 Å². The molecule has 3 heterocycles. The van der Waals surface area contributed by atoms with Gasteiger partial charge in [-0.25, -0.2) is 0 Å². The summed E-state index contributed by atoms with van der Waals surface area (Å²) in [6, 6.07) is 84.5. The first-order chi connectivity index (χ1) is 35.2. The predicted molar refractivity (Wildman–Crippen MR) is 301 cm³/mol. The molecule has 0 saturated heterocycles. The molecular formula is C66H52BN3O. The van der Waals surface area contributed by atoms with Crippen LogP contribution in [-0.4, -0.2) is 11.8 Å².